The molecule has 0 fully saturated rings. The van der Waals surface area contributed by atoms with Gasteiger partial charge in [0.2, 0.25) is 6.29 Å². The summed E-state index contributed by atoms with van der Waals surface area (Å²) in [5.41, 5.74) is 2.91. The summed E-state index contributed by atoms with van der Waals surface area (Å²) in [5, 5.41) is 10.9. The molecule has 0 spiro atoms. The Morgan fingerprint density at radius 3 is 2.76 bits per heavy atom. The van der Waals surface area contributed by atoms with Gasteiger partial charge in [-0.3, -0.25) is 4.99 Å². The minimum atomic E-state index is -1.14. The van der Waals surface area contributed by atoms with Crippen molar-refractivity contribution in [3.8, 4) is 5.75 Å². The fourth-order valence-corrected chi connectivity index (χ4v) is 4.33. The number of aliphatic imine (C=N–C) groups is 1. The van der Waals surface area contributed by atoms with Gasteiger partial charge in [-0.2, -0.15) is 0 Å². The molecule has 1 aromatic rings. The first kappa shape index (κ1) is 22.9. The van der Waals surface area contributed by atoms with Crippen LogP contribution in [0.1, 0.15) is 26.3 Å². The third-order valence-electron chi connectivity index (χ3n) is 6.09. The summed E-state index contributed by atoms with van der Waals surface area (Å²) >= 11 is 0. The fourth-order valence-electron chi connectivity index (χ4n) is 4.33. The molecule has 0 saturated heterocycles. The first-order valence-corrected chi connectivity index (χ1v) is 11.4. The average molecular weight is 450 g/mol. The van der Waals surface area contributed by atoms with E-state index in [1.54, 1.807) is 6.92 Å². The Hall–Kier alpha value is -3.32. The van der Waals surface area contributed by atoms with Gasteiger partial charge in [-0.05, 0) is 39.0 Å². The predicted molar refractivity (Wildman–Crippen MR) is 130 cm³/mol. The lowest BCUT2D eigenvalue weighted by Gasteiger charge is -2.32. The van der Waals surface area contributed by atoms with Crippen molar-refractivity contribution in [2.75, 3.05) is 31.1 Å². The molecule has 1 aromatic carbocycles. The summed E-state index contributed by atoms with van der Waals surface area (Å²) < 4.78 is 11.3. The first-order chi connectivity index (χ1) is 15.9. The number of fused-ring (bicyclic) bond motifs is 2. The van der Waals surface area contributed by atoms with Gasteiger partial charge in [-0.25, -0.2) is 4.79 Å². The second-order valence-electron chi connectivity index (χ2n) is 8.28. The number of aliphatic hydroxyl groups is 1. The summed E-state index contributed by atoms with van der Waals surface area (Å²) in [6, 6.07) is 5.97. The number of amidine groups is 1. The summed E-state index contributed by atoms with van der Waals surface area (Å²) in [6.45, 7) is 11.9. The maximum Gasteiger partial charge on any atom is 0.333 e. The van der Waals surface area contributed by atoms with Gasteiger partial charge in [-0.1, -0.05) is 30.9 Å². The molecule has 2 aliphatic heterocycles. The Morgan fingerprint density at radius 2 is 2.03 bits per heavy atom. The smallest absolute Gasteiger partial charge is 0.333 e. The Kier molecular flexibility index (Phi) is 6.70. The lowest BCUT2D eigenvalue weighted by molar-refractivity contribution is -0.139. The van der Waals surface area contributed by atoms with Crippen molar-refractivity contribution in [1.82, 2.24) is 4.90 Å². The largest absolute Gasteiger partial charge is 0.460 e. The molecule has 174 valence electrons. The molecular formula is C26H31N3O4. The van der Waals surface area contributed by atoms with E-state index in [-0.39, 0.29) is 18.7 Å². The lowest BCUT2D eigenvalue weighted by atomic mass is 10.0. The van der Waals surface area contributed by atoms with Crippen molar-refractivity contribution in [1.29, 1.82) is 0 Å². The average Bonchev–Trinajstić information content (AvgIpc) is 3.17. The van der Waals surface area contributed by atoms with Gasteiger partial charge >= 0.3 is 5.97 Å². The van der Waals surface area contributed by atoms with Crippen LogP contribution in [0, 0.1) is 0 Å². The van der Waals surface area contributed by atoms with E-state index < -0.39 is 12.3 Å². The van der Waals surface area contributed by atoms with Gasteiger partial charge in [-0.15, -0.1) is 0 Å². The van der Waals surface area contributed by atoms with Crippen LogP contribution in [0.2, 0.25) is 0 Å². The van der Waals surface area contributed by atoms with Crippen LogP contribution in [0.5, 0.6) is 5.75 Å². The van der Waals surface area contributed by atoms with Crippen molar-refractivity contribution in [3.05, 3.63) is 65.8 Å². The molecular weight excluding hydrogens is 418 g/mol. The number of nitrogens with zero attached hydrogens (tertiary/aromatic N) is 3. The number of aliphatic hydroxyl groups excluding tert-OH is 1. The summed E-state index contributed by atoms with van der Waals surface area (Å²) in [6.07, 6.45) is 8.86. The molecule has 0 saturated carbocycles. The molecule has 0 bridgehead atoms. The van der Waals surface area contributed by atoms with Gasteiger partial charge < -0.3 is 24.4 Å². The quantitative estimate of drug-likeness (QED) is 0.485. The van der Waals surface area contributed by atoms with Crippen molar-refractivity contribution < 1.29 is 19.4 Å². The van der Waals surface area contributed by atoms with E-state index in [2.05, 4.69) is 42.4 Å². The zero-order chi connectivity index (χ0) is 23.5. The summed E-state index contributed by atoms with van der Waals surface area (Å²) in [4.78, 5) is 21.0. The number of hydrogen-bond donors (Lipinski definition) is 1. The van der Waals surface area contributed by atoms with E-state index in [1.165, 1.54) is 0 Å². The normalized spacial score (nSPS) is 22.7. The van der Waals surface area contributed by atoms with Crippen LogP contribution in [-0.2, 0) is 9.53 Å². The molecule has 7 heteroatoms. The highest BCUT2D eigenvalue weighted by atomic mass is 16.6. The van der Waals surface area contributed by atoms with E-state index in [4.69, 9.17) is 14.5 Å². The van der Waals surface area contributed by atoms with Crippen LogP contribution in [-0.4, -0.2) is 66.4 Å². The number of ether oxygens (including phenoxy) is 2. The monoisotopic (exact) mass is 449 g/mol. The first-order valence-electron chi connectivity index (χ1n) is 11.4. The zero-order valence-corrected chi connectivity index (χ0v) is 19.4. The highest BCUT2D eigenvalue weighted by Gasteiger charge is 2.38. The molecule has 33 heavy (non-hydrogen) atoms. The molecule has 0 aromatic heterocycles. The van der Waals surface area contributed by atoms with Gasteiger partial charge in [0.15, 0.2) is 0 Å². The lowest BCUT2D eigenvalue weighted by Crippen LogP contribution is -2.43. The number of allylic oxidation sites excluding steroid dienone is 2. The SMILES string of the molecule is C=C(C)C(=O)OCCN1C(C2=Cc3ccc(N(CC)CC)cc3OC2O)=NC2C=CC=CC21. The van der Waals surface area contributed by atoms with Crippen LogP contribution < -0.4 is 9.64 Å². The van der Waals surface area contributed by atoms with Crippen LogP contribution >= 0.6 is 0 Å². The molecule has 3 aliphatic rings. The van der Waals surface area contributed by atoms with Gasteiger partial charge in [0.1, 0.15) is 18.2 Å². The van der Waals surface area contributed by atoms with Crippen molar-refractivity contribution in [2.45, 2.75) is 39.1 Å². The molecule has 4 rings (SSSR count). The van der Waals surface area contributed by atoms with E-state index in [1.807, 2.05) is 36.4 Å². The number of esters is 1. The Labute approximate surface area is 195 Å². The Bertz CT molecular complexity index is 1050. The Morgan fingerprint density at radius 1 is 1.27 bits per heavy atom. The van der Waals surface area contributed by atoms with Crippen molar-refractivity contribution in [2.24, 2.45) is 4.99 Å². The van der Waals surface area contributed by atoms with Gasteiger partial charge in [0.25, 0.3) is 0 Å². The maximum absolute atomic E-state index is 11.8. The predicted octanol–water partition coefficient (Wildman–Crippen LogP) is 3.32. The molecule has 3 atom stereocenters. The number of hydrogen-bond acceptors (Lipinski definition) is 7. The van der Waals surface area contributed by atoms with Gasteiger partial charge in [0.05, 0.1) is 24.2 Å². The fraction of sp³-hybridized carbons (Fsp3) is 0.385. The van der Waals surface area contributed by atoms with E-state index >= 15 is 0 Å². The topological polar surface area (TPSA) is 74.6 Å². The van der Waals surface area contributed by atoms with Crippen LogP contribution in [0.4, 0.5) is 5.69 Å². The summed E-state index contributed by atoms with van der Waals surface area (Å²) in [5.74, 6) is 0.883. The molecule has 2 heterocycles. The number of anilines is 1. The van der Waals surface area contributed by atoms with E-state index in [0.29, 0.717) is 29.3 Å². The second-order valence-corrected chi connectivity index (χ2v) is 8.28. The minimum absolute atomic E-state index is 0.00642. The van der Waals surface area contributed by atoms with E-state index in [9.17, 15) is 9.90 Å². The standard InChI is InChI=1S/C26H31N3O4/c1-5-28(6-2)19-12-11-18-15-20(26(31)33-23(18)16-19)24-27-21-9-7-8-10-22(21)29(24)13-14-32-25(30)17(3)4/h7-12,15-16,21-22,26,31H,3,5-6,13-14H2,1-2,4H3. The summed E-state index contributed by atoms with van der Waals surface area (Å²) in [7, 11) is 0. The molecule has 7 nitrogen and oxygen atoms in total. The van der Waals surface area contributed by atoms with Crippen LogP contribution in [0.15, 0.2) is 65.2 Å². The third-order valence-corrected chi connectivity index (χ3v) is 6.09. The highest BCUT2D eigenvalue weighted by Crippen LogP contribution is 2.36. The number of benzene rings is 1. The van der Waals surface area contributed by atoms with Gasteiger partial charge in [0, 0.05) is 36.0 Å². The maximum atomic E-state index is 11.8. The second kappa shape index (κ2) is 9.67. The molecule has 3 unspecified atom stereocenters. The number of carbonyl (C=O) groups excluding carboxylic acids is 1. The zero-order valence-electron chi connectivity index (χ0n) is 19.4. The molecule has 1 N–H and O–H groups in total. The molecule has 0 amide bonds. The number of carbonyl (C=O) groups is 1. The Balaban J connectivity index is 1.61. The van der Waals surface area contributed by atoms with Crippen LogP contribution in [0.25, 0.3) is 6.08 Å². The van der Waals surface area contributed by atoms with E-state index in [0.717, 1.165) is 24.3 Å². The third kappa shape index (κ3) is 4.59. The van der Waals surface area contributed by atoms with Crippen molar-refractivity contribution >= 4 is 23.6 Å². The highest BCUT2D eigenvalue weighted by molar-refractivity contribution is 6.05. The van der Waals surface area contributed by atoms with Crippen LogP contribution in [0.3, 0.4) is 0 Å². The minimum Gasteiger partial charge on any atom is -0.460 e. The number of rotatable bonds is 8. The molecule has 1 aliphatic carbocycles. The van der Waals surface area contributed by atoms with Crippen molar-refractivity contribution in [3.63, 3.8) is 0 Å². The molecule has 0 radical (unpaired) electrons.